The molecule has 78 valence electrons. The number of halogens is 2. The predicted molar refractivity (Wildman–Crippen MR) is 60.0 cm³/mol. The Bertz CT molecular complexity index is 315. The third kappa shape index (κ3) is 3.14. The largest absolute Gasteiger partial charge is 0.387 e. The van der Waals surface area contributed by atoms with Gasteiger partial charge in [-0.25, -0.2) is 0 Å². The van der Waals surface area contributed by atoms with E-state index in [2.05, 4.69) is 0 Å². The normalized spacial score (nSPS) is 13.3. The Kier molecular flexibility index (Phi) is 4.20. The summed E-state index contributed by atoms with van der Waals surface area (Å²) < 4.78 is 0. The molecule has 0 amide bonds. The van der Waals surface area contributed by atoms with E-state index in [0.717, 1.165) is 5.56 Å². The van der Waals surface area contributed by atoms with Crippen LogP contribution in [0.25, 0.3) is 0 Å². The van der Waals surface area contributed by atoms with E-state index in [-0.39, 0.29) is 0 Å². The topological polar surface area (TPSA) is 23.5 Å². The Balaban J connectivity index is 2.80. The quantitative estimate of drug-likeness (QED) is 0.868. The van der Waals surface area contributed by atoms with Gasteiger partial charge in [0.05, 0.1) is 16.1 Å². The van der Waals surface area contributed by atoms with Crippen LogP contribution in [-0.4, -0.2) is 30.6 Å². The summed E-state index contributed by atoms with van der Waals surface area (Å²) in [6, 6.07) is 5.17. The molecule has 1 unspecified atom stereocenters. The number of hydrogen-bond acceptors (Lipinski definition) is 2. The van der Waals surface area contributed by atoms with Gasteiger partial charge in [-0.3, -0.25) is 0 Å². The van der Waals surface area contributed by atoms with Crippen molar-refractivity contribution in [1.82, 2.24) is 4.90 Å². The van der Waals surface area contributed by atoms with Crippen molar-refractivity contribution in [1.29, 1.82) is 0 Å². The van der Waals surface area contributed by atoms with Gasteiger partial charge in [0.1, 0.15) is 0 Å². The summed E-state index contributed by atoms with van der Waals surface area (Å²) in [4.78, 5) is 1.91. The highest BCUT2D eigenvalue weighted by molar-refractivity contribution is 6.42. The van der Waals surface area contributed by atoms with Gasteiger partial charge in [0.15, 0.2) is 0 Å². The standard InChI is InChI=1S/C10H13Cl2NO/c1-13(2)6-10(14)7-3-4-8(11)9(12)5-7/h3-5,10,14H,6H2,1-2H3. The SMILES string of the molecule is CN(C)CC(O)c1ccc(Cl)c(Cl)c1. The van der Waals surface area contributed by atoms with Gasteiger partial charge in [-0.05, 0) is 31.8 Å². The Morgan fingerprint density at radius 3 is 2.43 bits per heavy atom. The molecule has 0 fully saturated rings. The van der Waals surface area contributed by atoms with Gasteiger partial charge in [-0.1, -0.05) is 29.3 Å². The van der Waals surface area contributed by atoms with Gasteiger partial charge in [-0.15, -0.1) is 0 Å². The number of rotatable bonds is 3. The van der Waals surface area contributed by atoms with Crippen molar-refractivity contribution in [3.8, 4) is 0 Å². The summed E-state index contributed by atoms with van der Waals surface area (Å²) in [5, 5.41) is 10.7. The summed E-state index contributed by atoms with van der Waals surface area (Å²) in [6.07, 6.45) is -0.528. The lowest BCUT2D eigenvalue weighted by molar-refractivity contribution is 0.138. The van der Waals surface area contributed by atoms with Crippen molar-refractivity contribution in [2.75, 3.05) is 20.6 Å². The number of nitrogens with zero attached hydrogens (tertiary/aromatic N) is 1. The van der Waals surface area contributed by atoms with Crippen LogP contribution in [0.5, 0.6) is 0 Å². The zero-order valence-corrected chi connectivity index (χ0v) is 9.68. The second-order valence-corrected chi connectivity index (χ2v) is 4.27. The minimum absolute atomic E-state index is 0.474. The summed E-state index contributed by atoms with van der Waals surface area (Å²) >= 11 is 11.6. The first-order chi connectivity index (χ1) is 6.50. The molecule has 0 aliphatic heterocycles. The van der Waals surface area contributed by atoms with E-state index in [1.165, 1.54) is 0 Å². The molecule has 1 rings (SSSR count). The number of aliphatic hydroxyl groups excluding tert-OH is 1. The second kappa shape index (κ2) is 4.99. The molecule has 1 atom stereocenters. The molecule has 0 aliphatic rings. The van der Waals surface area contributed by atoms with Crippen molar-refractivity contribution in [3.63, 3.8) is 0 Å². The van der Waals surface area contributed by atoms with Crippen molar-refractivity contribution < 1.29 is 5.11 Å². The van der Waals surface area contributed by atoms with E-state index >= 15 is 0 Å². The third-order valence-electron chi connectivity index (χ3n) is 1.87. The Labute approximate surface area is 94.1 Å². The Morgan fingerprint density at radius 1 is 1.29 bits per heavy atom. The van der Waals surface area contributed by atoms with Crippen LogP contribution in [0.2, 0.25) is 10.0 Å². The average Bonchev–Trinajstić information content (AvgIpc) is 2.08. The van der Waals surface area contributed by atoms with E-state index in [1.807, 2.05) is 19.0 Å². The molecule has 1 aromatic rings. The zero-order chi connectivity index (χ0) is 10.7. The van der Waals surface area contributed by atoms with Gasteiger partial charge >= 0.3 is 0 Å². The number of aliphatic hydroxyl groups is 1. The highest BCUT2D eigenvalue weighted by Gasteiger charge is 2.09. The first-order valence-electron chi connectivity index (χ1n) is 4.28. The second-order valence-electron chi connectivity index (χ2n) is 3.45. The smallest absolute Gasteiger partial charge is 0.0917 e. The minimum Gasteiger partial charge on any atom is -0.387 e. The van der Waals surface area contributed by atoms with E-state index in [1.54, 1.807) is 18.2 Å². The average molecular weight is 234 g/mol. The first kappa shape index (κ1) is 11.8. The van der Waals surface area contributed by atoms with E-state index in [0.29, 0.717) is 16.6 Å². The Morgan fingerprint density at radius 2 is 1.93 bits per heavy atom. The maximum Gasteiger partial charge on any atom is 0.0917 e. The van der Waals surface area contributed by atoms with E-state index < -0.39 is 6.10 Å². The summed E-state index contributed by atoms with van der Waals surface area (Å²) in [5.74, 6) is 0. The van der Waals surface area contributed by atoms with Crippen LogP contribution >= 0.6 is 23.2 Å². The van der Waals surface area contributed by atoms with Crippen molar-refractivity contribution in [2.45, 2.75) is 6.10 Å². The highest BCUT2D eigenvalue weighted by Crippen LogP contribution is 2.25. The van der Waals surface area contributed by atoms with Crippen LogP contribution in [0.3, 0.4) is 0 Å². The monoisotopic (exact) mass is 233 g/mol. The molecule has 0 spiro atoms. The van der Waals surface area contributed by atoms with Gasteiger partial charge in [0.25, 0.3) is 0 Å². The van der Waals surface area contributed by atoms with Crippen LogP contribution in [0.15, 0.2) is 18.2 Å². The first-order valence-corrected chi connectivity index (χ1v) is 5.04. The molecule has 0 radical (unpaired) electrons. The van der Waals surface area contributed by atoms with Crippen molar-refractivity contribution in [2.24, 2.45) is 0 Å². The predicted octanol–water partition coefficient (Wildman–Crippen LogP) is 2.59. The van der Waals surface area contributed by atoms with Gasteiger partial charge in [-0.2, -0.15) is 0 Å². The van der Waals surface area contributed by atoms with E-state index in [9.17, 15) is 5.11 Å². The molecular formula is C10H13Cl2NO. The van der Waals surface area contributed by atoms with Crippen LogP contribution in [0.4, 0.5) is 0 Å². The molecule has 1 N–H and O–H groups in total. The number of likely N-dealkylation sites (N-methyl/N-ethyl adjacent to an activating group) is 1. The van der Waals surface area contributed by atoms with Gasteiger partial charge in [0.2, 0.25) is 0 Å². The molecular weight excluding hydrogens is 221 g/mol. The molecule has 0 saturated heterocycles. The van der Waals surface area contributed by atoms with Crippen LogP contribution < -0.4 is 0 Å². The molecule has 0 bridgehead atoms. The summed E-state index contributed by atoms with van der Waals surface area (Å²) in [6.45, 7) is 0.567. The number of hydrogen-bond donors (Lipinski definition) is 1. The lowest BCUT2D eigenvalue weighted by Crippen LogP contribution is -2.19. The molecule has 4 heteroatoms. The summed E-state index contributed by atoms with van der Waals surface area (Å²) in [5.41, 5.74) is 0.785. The minimum atomic E-state index is -0.528. The molecule has 0 aliphatic carbocycles. The molecule has 0 aromatic heterocycles. The van der Waals surface area contributed by atoms with Crippen molar-refractivity contribution in [3.05, 3.63) is 33.8 Å². The van der Waals surface area contributed by atoms with Crippen LogP contribution in [0.1, 0.15) is 11.7 Å². The zero-order valence-electron chi connectivity index (χ0n) is 8.17. The lowest BCUT2D eigenvalue weighted by Gasteiger charge is -2.16. The number of benzene rings is 1. The Hall–Kier alpha value is -0.280. The maximum atomic E-state index is 9.76. The fraction of sp³-hybridized carbons (Fsp3) is 0.400. The van der Waals surface area contributed by atoms with E-state index in [4.69, 9.17) is 23.2 Å². The van der Waals surface area contributed by atoms with Crippen LogP contribution in [-0.2, 0) is 0 Å². The van der Waals surface area contributed by atoms with Gasteiger partial charge < -0.3 is 10.0 Å². The van der Waals surface area contributed by atoms with Crippen molar-refractivity contribution >= 4 is 23.2 Å². The lowest BCUT2D eigenvalue weighted by atomic mass is 10.1. The molecule has 14 heavy (non-hydrogen) atoms. The highest BCUT2D eigenvalue weighted by atomic mass is 35.5. The fourth-order valence-electron chi connectivity index (χ4n) is 1.17. The molecule has 2 nitrogen and oxygen atoms in total. The third-order valence-corrected chi connectivity index (χ3v) is 2.61. The van der Waals surface area contributed by atoms with Gasteiger partial charge in [0, 0.05) is 6.54 Å². The molecule has 0 heterocycles. The fourth-order valence-corrected chi connectivity index (χ4v) is 1.48. The molecule has 1 aromatic carbocycles. The van der Waals surface area contributed by atoms with Crippen LogP contribution in [0, 0.1) is 0 Å². The molecule has 0 saturated carbocycles. The summed E-state index contributed by atoms with van der Waals surface area (Å²) in [7, 11) is 3.81. The maximum absolute atomic E-state index is 9.76.